The third kappa shape index (κ3) is 3.48. The van der Waals surface area contributed by atoms with E-state index in [9.17, 15) is 4.79 Å². The number of hydrogen-bond acceptors (Lipinski definition) is 5. The minimum atomic E-state index is 0. The van der Waals surface area contributed by atoms with E-state index in [0.717, 1.165) is 31.6 Å². The second-order valence-corrected chi connectivity index (χ2v) is 5.21. The third-order valence-corrected chi connectivity index (χ3v) is 3.78. The van der Waals surface area contributed by atoms with Gasteiger partial charge in [-0.15, -0.1) is 10.2 Å². The zero-order chi connectivity index (χ0) is 14.7. The number of rotatable bonds is 3. The average Bonchev–Trinajstić information content (AvgIpc) is 3.03. The number of aromatic amines is 1. The molecule has 1 aromatic heterocycles. The molecule has 1 aliphatic heterocycles. The van der Waals surface area contributed by atoms with E-state index in [1.54, 1.807) is 6.92 Å². The predicted molar refractivity (Wildman–Crippen MR) is 84.1 cm³/mol. The number of piperazine rings is 1. The Morgan fingerprint density at radius 1 is 1.36 bits per heavy atom. The topological polar surface area (TPSA) is 86.8 Å². The van der Waals surface area contributed by atoms with Crippen LogP contribution in [0.15, 0.2) is 24.3 Å². The van der Waals surface area contributed by atoms with E-state index >= 15 is 0 Å². The Labute approximate surface area is 130 Å². The number of tetrazole rings is 1. The Bertz CT molecular complexity index is 595. The quantitative estimate of drug-likeness (QED) is 0.878. The first-order valence-electron chi connectivity index (χ1n) is 7.05. The van der Waals surface area contributed by atoms with Gasteiger partial charge in [0, 0.05) is 38.2 Å². The van der Waals surface area contributed by atoms with Gasteiger partial charge in [0.2, 0.25) is 11.7 Å². The lowest BCUT2D eigenvalue weighted by atomic mass is 10.0. The summed E-state index contributed by atoms with van der Waals surface area (Å²) in [4.78, 5) is 13.6. The fourth-order valence-electron chi connectivity index (χ4n) is 2.70. The van der Waals surface area contributed by atoms with E-state index in [4.69, 9.17) is 0 Å². The minimum absolute atomic E-state index is 0. The van der Waals surface area contributed by atoms with Crippen molar-refractivity contribution < 1.29 is 4.79 Å². The molecule has 0 spiro atoms. The van der Waals surface area contributed by atoms with Gasteiger partial charge in [-0.2, -0.15) is 5.21 Å². The number of aromatic nitrogens is 4. The molecule has 7 heteroatoms. The molecule has 0 unspecified atom stereocenters. The molecule has 1 aliphatic rings. The molecular formula is C15H22N6O. The van der Waals surface area contributed by atoms with E-state index < -0.39 is 0 Å². The molecule has 1 atom stereocenters. The van der Waals surface area contributed by atoms with Crippen molar-refractivity contribution in [2.75, 3.05) is 19.6 Å². The summed E-state index contributed by atoms with van der Waals surface area (Å²) in [7, 11) is 0. The summed E-state index contributed by atoms with van der Waals surface area (Å²) in [6.07, 6.45) is 0.846. The van der Waals surface area contributed by atoms with Gasteiger partial charge in [0.15, 0.2) is 0 Å². The van der Waals surface area contributed by atoms with Gasteiger partial charge < -0.3 is 10.2 Å². The maximum absolute atomic E-state index is 11.7. The van der Waals surface area contributed by atoms with Gasteiger partial charge in [0.25, 0.3) is 0 Å². The summed E-state index contributed by atoms with van der Waals surface area (Å²) in [6.45, 7) is 4.12. The van der Waals surface area contributed by atoms with Gasteiger partial charge in [-0.05, 0) is 17.2 Å². The standard InChI is InChI=1S/C14H18N6O.CH4/c1-10(21)20-7-6-15-9-13(20)8-11-2-4-12(5-3-11)14-16-18-19-17-14;/h2-5,13,15H,6-9H2,1H3,(H,16,17,18,19);1H4/t13-;/m1./s1. The summed E-state index contributed by atoms with van der Waals surface area (Å²) >= 11 is 0. The van der Waals surface area contributed by atoms with Crippen molar-refractivity contribution in [1.29, 1.82) is 0 Å². The van der Waals surface area contributed by atoms with E-state index in [1.165, 1.54) is 5.56 Å². The molecule has 2 heterocycles. The summed E-state index contributed by atoms with van der Waals surface area (Å²) < 4.78 is 0. The number of amides is 1. The van der Waals surface area contributed by atoms with E-state index in [0.29, 0.717) is 5.82 Å². The van der Waals surface area contributed by atoms with Crippen LogP contribution in [0.25, 0.3) is 11.4 Å². The van der Waals surface area contributed by atoms with Crippen molar-refractivity contribution in [3.8, 4) is 11.4 Å². The molecule has 22 heavy (non-hydrogen) atoms. The number of hydrogen-bond donors (Lipinski definition) is 2. The number of benzene rings is 1. The van der Waals surface area contributed by atoms with Crippen LogP contribution in [0.2, 0.25) is 0 Å². The molecule has 2 aromatic rings. The lowest BCUT2D eigenvalue weighted by Crippen LogP contribution is -2.53. The van der Waals surface area contributed by atoms with Gasteiger partial charge in [-0.1, -0.05) is 31.7 Å². The third-order valence-electron chi connectivity index (χ3n) is 3.78. The SMILES string of the molecule is C.CC(=O)N1CCNC[C@H]1Cc1ccc(-c2nn[nH]n2)cc1. The van der Waals surface area contributed by atoms with Crippen LogP contribution in [0.5, 0.6) is 0 Å². The smallest absolute Gasteiger partial charge is 0.219 e. The highest BCUT2D eigenvalue weighted by atomic mass is 16.2. The molecule has 0 aliphatic carbocycles. The zero-order valence-electron chi connectivity index (χ0n) is 11.9. The molecule has 0 bridgehead atoms. The monoisotopic (exact) mass is 302 g/mol. The largest absolute Gasteiger partial charge is 0.337 e. The molecule has 3 rings (SSSR count). The van der Waals surface area contributed by atoms with Crippen LogP contribution < -0.4 is 5.32 Å². The Kier molecular flexibility index (Phi) is 5.21. The fourth-order valence-corrected chi connectivity index (χ4v) is 2.70. The molecule has 1 aromatic carbocycles. The second kappa shape index (κ2) is 7.13. The summed E-state index contributed by atoms with van der Waals surface area (Å²) in [5.74, 6) is 0.733. The molecule has 0 radical (unpaired) electrons. The zero-order valence-corrected chi connectivity index (χ0v) is 11.9. The van der Waals surface area contributed by atoms with Gasteiger partial charge in [-0.25, -0.2) is 0 Å². The molecule has 1 fully saturated rings. The fraction of sp³-hybridized carbons (Fsp3) is 0.467. The summed E-state index contributed by atoms with van der Waals surface area (Å²) in [6, 6.07) is 8.28. The van der Waals surface area contributed by atoms with Crippen LogP contribution in [0.1, 0.15) is 19.9 Å². The van der Waals surface area contributed by atoms with Crippen LogP contribution in [-0.4, -0.2) is 57.1 Å². The minimum Gasteiger partial charge on any atom is -0.337 e. The van der Waals surface area contributed by atoms with Crippen molar-refractivity contribution in [1.82, 2.24) is 30.8 Å². The van der Waals surface area contributed by atoms with Crippen LogP contribution >= 0.6 is 0 Å². The van der Waals surface area contributed by atoms with Crippen molar-refractivity contribution in [3.05, 3.63) is 29.8 Å². The van der Waals surface area contributed by atoms with Gasteiger partial charge in [0.1, 0.15) is 0 Å². The maximum Gasteiger partial charge on any atom is 0.219 e. The first-order chi connectivity index (χ1) is 10.2. The first-order valence-corrected chi connectivity index (χ1v) is 7.05. The average molecular weight is 302 g/mol. The lowest BCUT2D eigenvalue weighted by Gasteiger charge is -2.35. The maximum atomic E-state index is 11.7. The van der Waals surface area contributed by atoms with Crippen molar-refractivity contribution in [3.63, 3.8) is 0 Å². The molecular weight excluding hydrogens is 280 g/mol. The Morgan fingerprint density at radius 3 is 2.77 bits per heavy atom. The Balaban J connectivity index is 0.00000176. The van der Waals surface area contributed by atoms with Crippen LogP contribution in [0.3, 0.4) is 0 Å². The first kappa shape index (κ1) is 16.1. The van der Waals surface area contributed by atoms with Crippen LogP contribution in [-0.2, 0) is 11.2 Å². The molecule has 118 valence electrons. The van der Waals surface area contributed by atoms with Crippen molar-refractivity contribution >= 4 is 5.91 Å². The molecule has 7 nitrogen and oxygen atoms in total. The van der Waals surface area contributed by atoms with Crippen LogP contribution in [0.4, 0.5) is 0 Å². The highest BCUT2D eigenvalue weighted by Crippen LogP contribution is 2.17. The molecule has 1 amide bonds. The number of H-pyrrole nitrogens is 1. The second-order valence-electron chi connectivity index (χ2n) is 5.21. The van der Waals surface area contributed by atoms with E-state index in [2.05, 4.69) is 38.1 Å². The van der Waals surface area contributed by atoms with Gasteiger partial charge in [-0.3, -0.25) is 4.79 Å². The molecule has 0 saturated carbocycles. The highest BCUT2D eigenvalue weighted by molar-refractivity contribution is 5.73. The summed E-state index contributed by atoms with van der Waals surface area (Å²) in [5, 5.41) is 17.3. The van der Waals surface area contributed by atoms with Gasteiger partial charge >= 0.3 is 0 Å². The number of carbonyl (C=O) groups is 1. The predicted octanol–water partition coefficient (Wildman–Crippen LogP) is 0.866. The molecule has 2 N–H and O–H groups in total. The van der Waals surface area contributed by atoms with Gasteiger partial charge in [0.05, 0.1) is 0 Å². The van der Waals surface area contributed by atoms with Crippen molar-refractivity contribution in [2.24, 2.45) is 0 Å². The van der Waals surface area contributed by atoms with Crippen LogP contribution in [0, 0.1) is 0 Å². The Hall–Kier alpha value is -2.28. The lowest BCUT2D eigenvalue weighted by molar-refractivity contribution is -0.131. The number of carbonyl (C=O) groups excluding carboxylic acids is 1. The molecule has 1 saturated heterocycles. The normalized spacial score (nSPS) is 17.9. The number of nitrogens with one attached hydrogen (secondary N) is 2. The van der Waals surface area contributed by atoms with E-state index in [1.807, 2.05) is 17.0 Å². The van der Waals surface area contributed by atoms with E-state index in [-0.39, 0.29) is 19.4 Å². The highest BCUT2D eigenvalue weighted by Gasteiger charge is 2.24. The number of nitrogens with zero attached hydrogens (tertiary/aromatic N) is 4. The summed E-state index contributed by atoms with van der Waals surface area (Å²) in [5.41, 5.74) is 2.12. The van der Waals surface area contributed by atoms with Crippen molar-refractivity contribution in [2.45, 2.75) is 26.8 Å². The Morgan fingerprint density at radius 2 is 2.14 bits per heavy atom.